The molecule has 0 spiro atoms. The molecule has 0 saturated carbocycles. The lowest BCUT2D eigenvalue weighted by Gasteiger charge is -2.36. The van der Waals surface area contributed by atoms with Gasteiger partial charge < -0.3 is 9.64 Å². The molecular formula is C15H22BrN3O2. The Morgan fingerprint density at radius 3 is 2.76 bits per heavy atom. The first kappa shape index (κ1) is 16.2. The number of ether oxygens (including phenoxy) is 1. The number of amides is 1. The number of aromatic nitrogens is 2. The average Bonchev–Trinajstić information content (AvgIpc) is 2.36. The fourth-order valence-corrected chi connectivity index (χ4v) is 2.85. The van der Waals surface area contributed by atoms with Gasteiger partial charge in [0, 0.05) is 25.2 Å². The Labute approximate surface area is 134 Å². The molecule has 2 unspecified atom stereocenters. The monoisotopic (exact) mass is 355 g/mol. The normalized spacial score (nSPS) is 23.0. The molecule has 0 aliphatic carbocycles. The maximum absolute atomic E-state index is 12.1. The molecule has 6 heteroatoms. The van der Waals surface area contributed by atoms with Crippen molar-refractivity contribution in [3.8, 4) is 0 Å². The summed E-state index contributed by atoms with van der Waals surface area (Å²) in [7, 11) is 0. The van der Waals surface area contributed by atoms with Crippen LogP contribution in [0.15, 0.2) is 16.9 Å². The topological polar surface area (TPSA) is 55.3 Å². The highest BCUT2D eigenvalue weighted by atomic mass is 79.9. The van der Waals surface area contributed by atoms with Crippen molar-refractivity contribution in [1.82, 2.24) is 14.9 Å². The lowest BCUT2D eigenvalue weighted by molar-refractivity contribution is 0.0152. The first-order valence-electron chi connectivity index (χ1n) is 7.22. The third kappa shape index (κ3) is 4.40. The second-order valence-corrected chi connectivity index (χ2v) is 7.35. The zero-order valence-electron chi connectivity index (χ0n) is 13.0. The van der Waals surface area contributed by atoms with Crippen molar-refractivity contribution in [3.05, 3.63) is 22.7 Å². The molecule has 2 rings (SSSR count). The van der Waals surface area contributed by atoms with Crippen LogP contribution in [0, 0.1) is 5.92 Å². The molecule has 1 aliphatic heterocycles. The SMILES string of the molecule is CC1CN(C(=O)OC(C)(C)C)CCC1c1nccc(Br)n1. The van der Waals surface area contributed by atoms with Crippen LogP contribution in [0.5, 0.6) is 0 Å². The first-order valence-corrected chi connectivity index (χ1v) is 8.02. The number of halogens is 1. The summed E-state index contributed by atoms with van der Waals surface area (Å²) in [6.07, 6.45) is 2.39. The van der Waals surface area contributed by atoms with Gasteiger partial charge in [-0.1, -0.05) is 6.92 Å². The van der Waals surface area contributed by atoms with Crippen LogP contribution >= 0.6 is 15.9 Å². The van der Waals surface area contributed by atoms with E-state index >= 15 is 0 Å². The van der Waals surface area contributed by atoms with E-state index in [1.54, 1.807) is 11.1 Å². The second-order valence-electron chi connectivity index (χ2n) is 6.54. The van der Waals surface area contributed by atoms with Crippen LogP contribution in [-0.4, -0.2) is 39.7 Å². The van der Waals surface area contributed by atoms with Crippen LogP contribution in [0.25, 0.3) is 0 Å². The zero-order valence-corrected chi connectivity index (χ0v) is 14.6. The number of carbonyl (C=O) groups excluding carboxylic acids is 1. The molecule has 2 heterocycles. The summed E-state index contributed by atoms with van der Waals surface area (Å²) < 4.78 is 6.23. The largest absolute Gasteiger partial charge is 0.444 e. The highest BCUT2D eigenvalue weighted by molar-refractivity contribution is 9.10. The molecule has 1 aromatic rings. The summed E-state index contributed by atoms with van der Waals surface area (Å²) in [5, 5.41) is 0. The van der Waals surface area contributed by atoms with Crippen molar-refractivity contribution in [2.24, 2.45) is 5.92 Å². The minimum atomic E-state index is -0.454. The second kappa shape index (κ2) is 6.30. The summed E-state index contributed by atoms with van der Waals surface area (Å²) >= 11 is 3.38. The zero-order chi connectivity index (χ0) is 15.6. The number of nitrogens with zero attached hydrogens (tertiary/aromatic N) is 3. The van der Waals surface area contributed by atoms with Gasteiger partial charge in [0.15, 0.2) is 0 Å². The predicted octanol–water partition coefficient (Wildman–Crippen LogP) is 3.60. The van der Waals surface area contributed by atoms with E-state index in [0.717, 1.165) is 16.8 Å². The third-order valence-electron chi connectivity index (χ3n) is 3.53. The van der Waals surface area contributed by atoms with Gasteiger partial charge in [-0.15, -0.1) is 0 Å². The fourth-order valence-electron chi connectivity index (χ4n) is 2.55. The minimum Gasteiger partial charge on any atom is -0.444 e. The van der Waals surface area contributed by atoms with Gasteiger partial charge in [0.1, 0.15) is 16.0 Å². The lowest BCUT2D eigenvalue weighted by atomic mass is 9.86. The summed E-state index contributed by atoms with van der Waals surface area (Å²) in [6, 6.07) is 1.82. The van der Waals surface area contributed by atoms with E-state index in [1.807, 2.05) is 26.8 Å². The van der Waals surface area contributed by atoms with Crippen LogP contribution in [0.2, 0.25) is 0 Å². The van der Waals surface area contributed by atoms with Crippen LogP contribution in [0.1, 0.15) is 45.9 Å². The van der Waals surface area contributed by atoms with Crippen LogP contribution in [0.4, 0.5) is 4.79 Å². The average molecular weight is 356 g/mol. The van der Waals surface area contributed by atoms with Crippen molar-refractivity contribution >= 4 is 22.0 Å². The van der Waals surface area contributed by atoms with E-state index in [-0.39, 0.29) is 12.0 Å². The first-order chi connectivity index (χ1) is 9.76. The van der Waals surface area contributed by atoms with Crippen LogP contribution < -0.4 is 0 Å². The van der Waals surface area contributed by atoms with Gasteiger partial charge in [-0.05, 0) is 55.1 Å². The van der Waals surface area contributed by atoms with Crippen molar-refractivity contribution in [3.63, 3.8) is 0 Å². The molecule has 5 nitrogen and oxygen atoms in total. The molecule has 0 aromatic carbocycles. The maximum Gasteiger partial charge on any atom is 0.410 e. The molecule has 116 valence electrons. The Morgan fingerprint density at radius 2 is 2.19 bits per heavy atom. The van der Waals surface area contributed by atoms with E-state index in [1.165, 1.54) is 0 Å². The highest BCUT2D eigenvalue weighted by Crippen LogP contribution is 2.31. The molecule has 1 fully saturated rings. The highest BCUT2D eigenvalue weighted by Gasteiger charge is 2.33. The quantitative estimate of drug-likeness (QED) is 0.722. The number of likely N-dealkylation sites (tertiary alicyclic amines) is 1. The molecule has 0 N–H and O–H groups in total. The smallest absolute Gasteiger partial charge is 0.410 e. The van der Waals surface area contributed by atoms with E-state index in [0.29, 0.717) is 19.0 Å². The summed E-state index contributed by atoms with van der Waals surface area (Å²) in [5.74, 6) is 1.43. The standard InChI is InChI=1S/C15H22BrN3O2/c1-10-9-19(14(20)21-15(2,3)4)8-6-11(10)13-17-7-5-12(16)18-13/h5,7,10-11H,6,8-9H2,1-4H3. The van der Waals surface area contributed by atoms with E-state index in [2.05, 4.69) is 32.8 Å². The number of rotatable bonds is 1. The molecule has 1 saturated heterocycles. The number of carbonyl (C=O) groups is 1. The molecule has 21 heavy (non-hydrogen) atoms. The van der Waals surface area contributed by atoms with Gasteiger partial charge in [0.25, 0.3) is 0 Å². The van der Waals surface area contributed by atoms with E-state index in [9.17, 15) is 4.79 Å². The minimum absolute atomic E-state index is 0.233. The van der Waals surface area contributed by atoms with Gasteiger partial charge in [-0.25, -0.2) is 14.8 Å². The number of hydrogen-bond donors (Lipinski definition) is 0. The molecule has 1 aliphatic rings. The van der Waals surface area contributed by atoms with Gasteiger partial charge in [0.05, 0.1) is 0 Å². The lowest BCUT2D eigenvalue weighted by Crippen LogP contribution is -2.44. The van der Waals surface area contributed by atoms with Gasteiger partial charge in [0.2, 0.25) is 0 Å². The Morgan fingerprint density at radius 1 is 1.48 bits per heavy atom. The Balaban J connectivity index is 2.01. The molecular weight excluding hydrogens is 334 g/mol. The van der Waals surface area contributed by atoms with Gasteiger partial charge in [-0.3, -0.25) is 0 Å². The van der Waals surface area contributed by atoms with Crippen LogP contribution in [0.3, 0.4) is 0 Å². The molecule has 0 radical (unpaired) electrons. The van der Waals surface area contributed by atoms with Crippen LogP contribution in [-0.2, 0) is 4.74 Å². The van der Waals surface area contributed by atoms with Crippen molar-refractivity contribution in [2.45, 2.75) is 45.6 Å². The summed E-state index contributed by atoms with van der Waals surface area (Å²) in [4.78, 5) is 22.7. The Hall–Kier alpha value is -1.17. The fraction of sp³-hybridized carbons (Fsp3) is 0.667. The summed E-state index contributed by atoms with van der Waals surface area (Å²) in [5.41, 5.74) is -0.454. The number of hydrogen-bond acceptors (Lipinski definition) is 4. The van der Waals surface area contributed by atoms with Crippen molar-refractivity contribution in [2.75, 3.05) is 13.1 Å². The third-order valence-corrected chi connectivity index (χ3v) is 3.97. The predicted molar refractivity (Wildman–Crippen MR) is 84.1 cm³/mol. The van der Waals surface area contributed by atoms with E-state index < -0.39 is 5.60 Å². The molecule has 1 aromatic heterocycles. The molecule has 0 bridgehead atoms. The van der Waals surface area contributed by atoms with Gasteiger partial charge in [-0.2, -0.15) is 0 Å². The maximum atomic E-state index is 12.1. The molecule has 1 amide bonds. The van der Waals surface area contributed by atoms with Crippen molar-refractivity contribution < 1.29 is 9.53 Å². The Bertz CT molecular complexity index is 516. The molecule has 2 atom stereocenters. The van der Waals surface area contributed by atoms with E-state index in [4.69, 9.17) is 4.74 Å². The van der Waals surface area contributed by atoms with Gasteiger partial charge >= 0.3 is 6.09 Å². The number of piperidine rings is 1. The Kier molecular flexibility index (Phi) is 4.86. The summed E-state index contributed by atoms with van der Waals surface area (Å²) in [6.45, 7) is 9.14. The van der Waals surface area contributed by atoms with Crippen molar-refractivity contribution in [1.29, 1.82) is 0 Å².